The Balaban J connectivity index is 1.46. The number of benzene rings is 1. The summed E-state index contributed by atoms with van der Waals surface area (Å²) in [6.07, 6.45) is 1.99. The lowest BCUT2D eigenvalue weighted by Gasteiger charge is -2.00. The van der Waals surface area contributed by atoms with Crippen molar-refractivity contribution in [3.63, 3.8) is 0 Å². The Bertz CT molecular complexity index is 868. The maximum Gasteiger partial charge on any atom is 0.258 e. The molecule has 1 aromatic carbocycles. The van der Waals surface area contributed by atoms with Crippen molar-refractivity contribution in [1.29, 1.82) is 0 Å². The third-order valence-corrected chi connectivity index (χ3v) is 4.87. The number of hydrogen-bond donors (Lipinski definition) is 1. The Morgan fingerprint density at radius 1 is 1.25 bits per heavy atom. The first-order valence-corrected chi connectivity index (χ1v) is 8.47. The zero-order valence-corrected chi connectivity index (χ0v) is 13.5. The molecule has 4 rings (SSSR count). The van der Waals surface area contributed by atoms with Crippen molar-refractivity contribution >= 4 is 17.2 Å². The summed E-state index contributed by atoms with van der Waals surface area (Å²) in [4.78, 5) is 17.9. The maximum absolute atomic E-state index is 13.0. The summed E-state index contributed by atoms with van der Waals surface area (Å²) in [5, 5.41) is 6.91. The molecule has 2 heterocycles. The van der Waals surface area contributed by atoms with Crippen LogP contribution >= 0.6 is 11.3 Å². The van der Waals surface area contributed by atoms with E-state index in [1.807, 2.05) is 12.1 Å². The number of aromatic nitrogens is 2. The third-order valence-electron chi connectivity index (χ3n) is 3.78. The average Bonchev–Trinajstić information content (AvgIpc) is 3.14. The number of carbonyl (C=O) groups is 1. The van der Waals surface area contributed by atoms with Crippen LogP contribution < -0.4 is 5.32 Å². The van der Waals surface area contributed by atoms with E-state index < -0.39 is 0 Å². The highest BCUT2D eigenvalue weighted by Gasteiger charge is 2.29. The smallest absolute Gasteiger partial charge is 0.258 e. The van der Waals surface area contributed by atoms with Gasteiger partial charge in [0.15, 0.2) is 0 Å². The lowest BCUT2D eigenvalue weighted by atomic mass is 10.2. The Morgan fingerprint density at radius 2 is 2.04 bits per heavy atom. The summed E-state index contributed by atoms with van der Waals surface area (Å²) in [7, 11) is 0. The predicted molar refractivity (Wildman–Crippen MR) is 87.6 cm³/mol. The van der Waals surface area contributed by atoms with Crippen LogP contribution in [0.2, 0.25) is 0 Å². The number of amides is 1. The summed E-state index contributed by atoms with van der Waals surface area (Å²) in [6.45, 7) is 0.517. The standard InChI is InChI=1S/C17H14FN3O2S/c18-12-5-3-11(4-6-12)17-20-15(21-23-17)14-8-7-13(24-14)9-19-16(22)10-1-2-10/h3-8,10H,1-2,9H2,(H,19,22). The fraction of sp³-hybridized carbons (Fsp3) is 0.235. The second-order valence-corrected chi connectivity index (χ2v) is 6.86. The molecule has 1 saturated carbocycles. The number of carbonyl (C=O) groups excluding carboxylic acids is 1. The number of thiophene rings is 1. The van der Waals surface area contributed by atoms with Gasteiger partial charge in [0, 0.05) is 16.4 Å². The molecule has 1 aliphatic rings. The van der Waals surface area contributed by atoms with Crippen LogP contribution in [0.1, 0.15) is 17.7 Å². The lowest BCUT2D eigenvalue weighted by molar-refractivity contribution is -0.122. The SMILES string of the molecule is O=C(NCc1ccc(-c2noc(-c3ccc(F)cc3)n2)s1)C1CC1. The van der Waals surface area contributed by atoms with Gasteiger partial charge in [0.1, 0.15) is 5.82 Å². The van der Waals surface area contributed by atoms with Crippen LogP contribution in [0.15, 0.2) is 40.9 Å². The van der Waals surface area contributed by atoms with E-state index in [0.29, 0.717) is 23.8 Å². The summed E-state index contributed by atoms with van der Waals surface area (Å²) >= 11 is 1.51. The van der Waals surface area contributed by atoms with Crippen molar-refractivity contribution in [1.82, 2.24) is 15.5 Å². The zero-order valence-electron chi connectivity index (χ0n) is 12.7. The van der Waals surface area contributed by atoms with Gasteiger partial charge in [-0.15, -0.1) is 11.3 Å². The second-order valence-electron chi connectivity index (χ2n) is 5.69. The normalized spacial score (nSPS) is 13.9. The van der Waals surface area contributed by atoms with Crippen LogP contribution in [0, 0.1) is 11.7 Å². The van der Waals surface area contributed by atoms with Gasteiger partial charge in [-0.2, -0.15) is 4.98 Å². The number of rotatable bonds is 5. The summed E-state index contributed by atoms with van der Waals surface area (Å²) in [5.74, 6) is 0.860. The average molecular weight is 343 g/mol. The molecule has 5 nitrogen and oxygen atoms in total. The fourth-order valence-corrected chi connectivity index (χ4v) is 3.16. The zero-order chi connectivity index (χ0) is 16.5. The molecule has 0 saturated heterocycles. The molecular formula is C17H14FN3O2S. The molecule has 1 aliphatic carbocycles. The molecule has 7 heteroatoms. The lowest BCUT2D eigenvalue weighted by Crippen LogP contribution is -2.23. The topological polar surface area (TPSA) is 68.0 Å². The van der Waals surface area contributed by atoms with Crippen LogP contribution in [-0.2, 0) is 11.3 Å². The Labute approximate surface area is 141 Å². The second kappa shape index (κ2) is 6.16. The van der Waals surface area contributed by atoms with E-state index in [-0.39, 0.29) is 17.6 Å². The molecule has 0 spiro atoms. The van der Waals surface area contributed by atoms with Gasteiger partial charge in [-0.05, 0) is 49.2 Å². The Morgan fingerprint density at radius 3 is 2.79 bits per heavy atom. The molecule has 24 heavy (non-hydrogen) atoms. The van der Waals surface area contributed by atoms with E-state index in [9.17, 15) is 9.18 Å². The van der Waals surface area contributed by atoms with E-state index in [1.165, 1.54) is 23.5 Å². The molecular weight excluding hydrogens is 329 g/mol. The van der Waals surface area contributed by atoms with E-state index >= 15 is 0 Å². The van der Waals surface area contributed by atoms with Crippen LogP contribution in [0.4, 0.5) is 4.39 Å². The van der Waals surface area contributed by atoms with Gasteiger partial charge in [-0.25, -0.2) is 4.39 Å². The van der Waals surface area contributed by atoms with Gasteiger partial charge in [-0.1, -0.05) is 5.16 Å². The highest BCUT2D eigenvalue weighted by Crippen LogP contribution is 2.30. The molecule has 2 aromatic heterocycles. The van der Waals surface area contributed by atoms with Crippen LogP contribution in [0.25, 0.3) is 22.2 Å². The van der Waals surface area contributed by atoms with Crippen molar-refractivity contribution < 1.29 is 13.7 Å². The molecule has 1 fully saturated rings. The molecule has 1 amide bonds. The number of halogens is 1. The summed E-state index contributed by atoms with van der Waals surface area (Å²) in [5.41, 5.74) is 0.670. The highest BCUT2D eigenvalue weighted by atomic mass is 32.1. The van der Waals surface area contributed by atoms with Gasteiger partial charge in [-0.3, -0.25) is 4.79 Å². The molecule has 1 N–H and O–H groups in total. The number of nitrogens with one attached hydrogen (secondary N) is 1. The van der Waals surface area contributed by atoms with Crippen molar-refractivity contribution in [3.05, 3.63) is 47.1 Å². The van der Waals surface area contributed by atoms with E-state index in [1.54, 1.807) is 12.1 Å². The number of nitrogens with zero attached hydrogens (tertiary/aromatic N) is 2. The molecule has 0 atom stereocenters. The van der Waals surface area contributed by atoms with Crippen molar-refractivity contribution in [3.8, 4) is 22.2 Å². The monoisotopic (exact) mass is 343 g/mol. The molecule has 0 unspecified atom stereocenters. The minimum absolute atomic E-state index is 0.128. The molecule has 0 radical (unpaired) electrons. The van der Waals surface area contributed by atoms with Crippen LogP contribution in [0.3, 0.4) is 0 Å². The van der Waals surface area contributed by atoms with Gasteiger partial charge < -0.3 is 9.84 Å². The minimum atomic E-state index is -0.311. The first kappa shape index (κ1) is 15.0. The fourth-order valence-electron chi connectivity index (χ4n) is 2.29. The van der Waals surface area contributed by atoms with Crippen LogP contribution in [0.5, 0.6) is 0 Å². The van der Waals surface area contributed by atoms with E-state index in [0.717, 1.165) is 22.6 Å². The van der Waals surface area contributed by atoms with Crippen LogP contribution in [-0.4, -0.2) is 16.0 Å². The maximum atomic E-state index is 13.0. The summed E-state index contributed by atoms with van der Waals surface area (Å²) < 4.78 is 18.2. The highest BCUT2D eigenvalue weighted by molar-refractivity contribution is 7.15. The Hall–Kier alpha value is -2.54. The molecule has 0 aliphatic heterocycles. The van der Waals surface area contributed by atoms with Gasteiger partial charge in [0.2, 0.25) is 11.7 Å². The van der Waals surface area contributed by atoms with Gasteiger partial charge in [0.25, 0.3) is 5.89 Å². The first-order chi connectivity index (χ1) is 11.7. The quantitative estimate of drug-likeness (QED) is 0.768. The Kier molecular flexibility index (Phi) is 3.86. The number of hydrogen-bond acceptors (Lipinski definition) is 5. The van der Waals surface area contributed by atoms with Crippen molar-refractivity contribution in [2.75, 3.05) is 0 Å². The molecule has 0 bridgehead atoms. The molecule has 3 aromatic rings. The van der Waals surface area contributed by atoms with Gasteiger partial charge in [0.05, 0.1) is 11.4 Å². The predicted octanol–water partition coefficient (Wildman–Crippen LogP) is 3.63. The first-order valence-electron chi connectivity index (χ1n) is 7.65. The van der Waals surface area contributed by atoms with Crippen molar-refractivity contribution in [2.45, 2.75) is 19.4 Å². The van der Waals surface area contributed by atoms with Gasteiger partial charge >= 0.3 is 0 Å². The van der Waals surface area contributed by atoms with E-state index in [4.69, 9.17) is 4.52 Å². The third kappa shape index (κ3) is 3.21. The summed E-state index contributed by atoms with van der Waals surface area (Å²) in [6, 6.07) is 9.75. The largest absolute Gasteiger partial charge is 0.351 e. The minimum Gasteiger partial charge on any atom is -0.351 e. The van der Waals surface area contributed by atoms with Crippen molar-refractivity contribution in [2.24, 2.45) is 5.92 Å². The van der Waals surface area contributed by atoms with E-state index in [2.05, 4.69) is 15.5 Å². The molecule has 122 valence electrons.